The van der Waals surface area contributed by atoms with Crippen molar-refractivity contribution in [3.8, 4) is 5.69 Å². The molecule has 2 aromatic rings. The van der Waals surface area contributed by atoms with Gasteiger partial charge >= 0.3 is 0 Å². The van der Waals surface area contributed by atoms with E-state index >= 15 is 0 Å². The summed E-state index contributed by atoms with van der Waals surface area (Å²) in [5.74, 6) is 0. The molecule has 0 unspecified atom stereocenters. The quantitative estimate of drug-likeness (QED) is 0.817. The SMILES string of the molecule is CCc1ccc(-n2nc(CBr)c(=O)cc2C)cc1. The fraction of sp³-hybridized carbons (Fsp3) is 0.286. The van der Waals surface area contributed by atoms with E-state index < -0.39 is 0 Å². The van der Waals surface area contributed by atoms with E-state index in [9.17, 15) is 4.79 Å². The molecule has 0 aliphatic heterocycles. The van der Waals surface area contributed by atoms with Crippen LogP contribution in [0.5, 0.6) is 0 Å². The minimum atomic E-state index is -0.0224. The average molecular weight is 307 g/mol. The first-order chi connectivity index (χ1) is 8.65. The lowest BCUT2D eigenvalue weighted by Gasteiger charge is -2.10. The number of hydrogen-bond acceptors (Lipinski definition) is 2. The maximum absolute atomic E-state index is 11.6. The number of nitrogens with zero attached hydrogens (tertiary/aromatic N) is 2. The summed E-state index contributed by atoms with van der Waals surface area (Å²) in [6.07, 6.45) is 1.02. The summed E-state index contributed by atoms with van der Waals surface area (Å²) < 4.78 is 1.80. The Hall–Kier alpha value is -1.42. The van der Waals surface area contributed by atoms with E-state index in [1.807, 2.05) is 19.1 Å². The van der Waals surface area contributed by atoms with Crippen LogP contribution >= 0.6 is 15.9 Å². The molecular formula is C14H15BrN2O. The maximum atomic E-state index is 11.6. The zero-order valence-electron chi connectivity index (χ0n) is 10.5. The molecule has 1 heterocycles. The first-order valence-corrected chi connectivity index (χ1v) is 7.03. The first kappa shape index (κ1) is 13.0. The number of alkyl halides is 1. The van der Waals surface area contributed by atoms with E-state index in [1.54, 1.807) is 10.7 Å². The fourth-order valence-corrected chi connectivity index (χ4v) is 2.20. The predicted octanol–water partition coefficient (Wildman–Crippen LogP) is 3.00. The molecule has 0 fully saturated rings. The van der Waals surface area contributed by atoms with E-state index in [0.717, 1.165) is 17.8 Å². The molecule has 94 valence electrons. The van der Waals surface area contributed by atoms with Gasteiger partial charge in [-0.25, -0.2) is 4.68 Å². The van der Waals surface area contributed by atoms with Gasteiger partial charge in [0.2, 0.25) is 5.43 Å². The molecule has 2 rings (SSSR count). The van der Waals surface area contributed by atoms with Crippen molar-refractivity contribution in [1.82, 2.24) is 9.78 Å². The van der Waals surface area contributed by atoms with Gasteiger partial charge in [0.15, 0.2) is 0 Å². The number of halogens is 1. The highest BCUT2D eigenvalue weighted by molar-refractivity contribution is 9.08. The maximum Gasteiger partial charge on any atom is 0.204 e. The molecule has 1 aromatic heterocycles. The Kier molecular flexibility index (Phi) is 3.97. The third kappa shape index (κ3) is 2.53. The van der Waals surface area contributed by atoms with Crippen molar-refractivity contribution < 1.29 is 0 Å². The van der Waals surface area contributed by atoms with Crippen LogP contribution in [-0.4, -0.2) is 9.78 Å². The van der Waals surface area contributed by atoms with Crippen LogP contribution < -0.4 is 5.43 Å². The molecule has 0 aliphatic rings. The molecule has 4 heteroatoms. The highest BCUT2D eigenvalue weighted by Gasteiger charge is 2.06. The predicted molar refractivity (Wildman–Crippen MR) is 76.6 cm³/mol. The van der Waals surface area contributed by atoms with Crippen LogP contribution in [0.15, 0.2) is 35.1 Å². The zero-order valence-corrected chi connectivity index (χ0v) is 12.1. The molecule has 0 bridgehead atoms. The third-order valence-corrected chi connectivity index (χ3v) is 3.43. The number of aryl methyl sites for hydroxylation is 2. The largest absolute Gasteiger partial charge is 0.288 e. The molecule has 0 saturated carbocycles. The second-order valence-corrected chi connectivity index (χ2v) is 4.72. The van der Waals surface area contributed by atoms with Crippen molar-refractivity contribution in [2.75, 3.05) is 0 Å². The molecule has 0 radical (unpaired) electrons. The molecule has 0 amide bonds. The second-order valence-electron chi connectivity index (χ2n) is 4.16. The second kappa shape index (κ2) is 5.48. The molecular weight excluding hydrogens is 292 g/mol. The number of hydrogen-bond donors (Lipinski definition) is 0. The molecule has 0 aliphatic carbocycles. The van der Waals surface area contributed by atoms with Gasteiger partial charge in [-0.15, -0.1) is 0 Å². The number of rotatable bonds is 3. The van der Waals surface area contributed by atoms with E-state index in [1.165, 1.54) is 5.56 Å². The Labute approximate surface area is 115 Å². The molecule has 3 nitrogen and oxygen atoms in total. The number of aromatic nitrogens is 2. The highest BCUT2D eigenvalue weighted by Crippen LogP contribution is 2.11. The van der Waals surface area contributed by atoms with Gasteiger partial charge in [-0.05, 0) is 31.0 Å². The fourth-order valence-electron chi connectivity index (χ4n) is 1.81. The van der Waals surface area contributed by atoms with Crippen molar-refractivity contribution in [2.24, 2.45) is 0 Å². The minimum Gasteiger partial charge on any atom is -0.288 e. The van der Waals surface area contributed by atoms with Crippen LogP contribution in [0.1, 0.15) is 23.9 Å². The summed E-state index contributed by atoms with van der Waals surface area (Å²) in [7, 11) is 0. The summed E-state index contributed by atoms with van der Waals surface area (Å²) in [4.78, 5) is 11.6. The highest BCUT2D eigenvalue weighted by atomic mass is 79.9. The van der Waals surface area contributed by atoms with Gasteiger partial charge in [-0.2, -0.15) is 5.10 Å². The van der Waals surface area contributed by atoms with Crippen molar-refractivity contribution >= 4 is 15.9 Å². The van der Waals surface area contributed by atoms with E-state index in [2.05, 4.69) is 40.1 Å². The van der Waals surface area contributed by atoms with Crippen molar-refractivity contribution in [3.05, 3.63) is 57.5 Å². The van der Waals surface area contributed by atoms with Crippen molar-refractivity contribution in [3.63, 3.8) is 0 Å². The number of benzene rings is 1. The normalized spacial score (nSPS) is 10.6. The lowest BCUT2D eigenvalue weighted by Crippen LogP contribution is -2.17. The molecule has 1 aromatic carbocycles. The van der Waals surface area contributed by atoms with Crippen molar-refractivity contribution in [1.29, 1.82) is 0 Å². The van der Waals surface area contributed by atoms with E-state index in [0.29, 0.717) is 11.0 Å². The lowest BCUT2D eigenvalue weighted by molar-refractivity contribution is 0.774. The van der Waals surface area contributed by atoms with E-state index in [-0.39, 0.29) is 5.43 Å². The van der Waals surface area contributed by atoms with Gasteiger partial charge in [0.05, 0.1) is 11.0 Å². The molecule has 0 N–H and O–H groups in total. The summed E-state index contributed by atoms with van der Waals surface area (Å²) in [5.41, 5.74) is 3.62. The van der Waals surface area contributed by atoms with Gasteiger partial charge < -0.3 is 0 Å². The van der Waals surface area contributed by atoms with Crippen LogP contribution in [0.2, 0.25) is 0 Å². The van der Waals surface area contributed by atoms with Crippen LogP contribution in [-0.2, 0) is 11.8 Å². The molecule has 0 atom stereocenters. The lowest BCUT2D eigenvalue weighted by atomic mass is 10.1. The first-order valence-electron chi connectivity index (χ1n) is 5.91. The van der Waals surface area contributed by atoms with Gasteiger partial charge in [0, 0.05) is 11.8 Å². The van der Waals surface area contributed by atoms with E-state index in [4.69, 9.17) is 0 Å². The molecule has 0 spiro atoms. The summed E-state index contributed by atoms with van der Waals surface area (Å²) >= 11 is 3.29. The molecule has 0 saturated heterocycles. The van der Waals surface area contributed by atoms with Crippen molar-refractivity contribution in [2.45, 2.75) is 25.6 Å². The zero-order chi connectivity index (χ0) is 13.1. The van der Waals surface area contributed by atoms with Gasteiger partial charge in [-0.1, -0.05) is 35.0 Å². The Morgan fingerprint density at radius 3 is 2.50 bits per heavy atom. The molecule has 18 heavy (non-hydrogen) atoms. The summed E-state index contributed by atoms with van der Waals surface area (Å²) in [5, 5.41) is 4.84. The van der Waals surface area contributed by atoms with Crippen LogP contribution in [0, 0.1) is 6.92 Å². The van der Waals surface area contributed by atoms with Gasteiger partial charge in [0.1, 0.15) is 5.69 Å². The monoisotopic (exact) mass is 306 g/mol. The Morgan fingerprint density at radius 1 is 1.28 bits per heavy atom. The Balaban J connectivity index is 2.52. The van der Waals surface area contributed by atoms with Crippen LogP contribution in [0.25, 0.3) is 5.69 Å². The Morgan fingerprint density at radius 2 is 1.94 bits per heavy atom. The minimum absolute atomic E-state index is 0.0224. The van der Waals surface area contributed by atoms with Crippen LogP contribution in [0.3, 0.4) is 0 Å². The van der Waals surface area contributed by atoms with Crippen LogP contribution in [0.4, 0.5) is 0 Å². The summed E-state index contributed by atoms with van der Waals surface area (Å²) in [6, 6.07) is 9.85. The summed E-state index contributed by atoms with van der Waals surface area (Å²) in [6.45, 7) is 4.01. The topological polar surface area (TPSA) is 34.9 Å². The average Bonchev–Trinajstić information content (AvgIpc) is 2.39. The smallest absolute Gasteiger partial charge is 0.204 e. The van der Waals surface area contributed by atoms with Gasteiger partial charge in [-0.3, -0.25) is 4.79 Å². The Bertz CT molecular complexity index is 602. The third-order valence-electron chi connectivity index (χ3n) is 2.89. The standard InChI is InChI=1S/C14H15BrN2O/c1-3-11-4-6-12(7-5-11)17-10(2)8-14(18)13(9-15)16-17/h4-8H,3,9H2,1-2H3. The van der Waals surface area contributed by atoms with Gasteiger partial charge in [0.25, 0.3) is 0 Å².